The van der Waals surface area contributed by atoms with Gasteiger partial charge in [0.15, 0.2) is 5.76 Å². The van der Waals surface area contributed by atoms with E-state index in [0.29, 0.717) is 25.1 Å². The summed E-state index contributed by atoms with van der Waals surface area (Å²) in [5.41, 5.74) is 1.20. The van der Waals surface area contributed by atoms with Crippen LogP contribution in [0.2, 0.25) is 0 Å². The quantitative estimate of drug-likeness (QED) is 0.714. The summed E-state index contributed by atoms with van der Waals surface area (Å²) >= 11 is 0. The zero-order chi connectivity index (χ0) is 19.6. The van der Waals surface area contributed by atoms with Crippen molar-refractivity contribution in [1.29, 1.82) is 0 Å². The molecular weight excluding hydrogens is 354 g/mol. The van der Waals surface area contributed by atoms with Crippen molar-refractivity contribution in [2.75, 3.05) is 39.3 Å². The van der Waals surface area contributed by atoms with E-state index in [-0.39, 0.29) is 11.8 Å². The Kier molecular flexibility index (Phi) is 7.44. The van der Waals surface area contributed by atoms with Gasteiger partial charge in [-0.15, -0.1) is 0 Å². The number of hydrogen-bond acceptors (Lipinski definition) is 4. The van der Waals surface area contributed by atoms with E-state index in [9.17, 15) is 9.59 Å². The second kappa shape index (κ2) is 10.5. The summed E-state index contributed by atoms with van der Waals surface area (Å²) in [6.07, 6.45) is 6.86. The highest BCUT2D eigenvalue weighted by molar-refractivity contribution is 5.91. The molecule has 148 valence electrons. The molecule has 6 nitrogen and oxygen atoms in total. The lowest BCUT2D eigenvalue weighted by Gasteiger charge is -2.34. The summed E-state index contributed by atoms with van der Waals surface area (Å²) in [7, 11) is 0. The topological polar surface area (TPSA) is 65.8 Å². The minimum Gasteiger partial charge on any atom is -0.459 e. The SMILES string of the molecule is O=C(NCCCC(=O)N1CCN(C/C=C/c2ccccc2)CC1)c1ccco1. The molecule has 2 amide bonds. The van der Waals surface area contributed by atoms with Crippen LogP contribution in [0, 0.1) is 0 Å². The van der Waals surface area contributed by atoms with E-state index in [1.165, 1.54) is 11.8 Å². The molecule has 0 aliphatic carbocycles. The first-order valence-electron chi connectivity index (χ1n) is 9.76. The molecule has 0 radical (unpaired) electrons. The molecule has 1 aliphatic heterocycles. The Hall–Kier alpha value is -2.86. The Labute approximate surface area is 165 Å². The highest BCUT2D eigenvalue weighted by Crippen LogP contribution is 2.07. The molecule has 0 atom stereocenters. The Bertz CT molecular complexity index is 764. The fourth-order valence-corrected chi connectivity index (χ4v) is 3.18. The third-order valence-corrected chi connectivity index (χ3v) is 4.80. The number of furan rings is 1. The average Bonchev–Trinajstić information content (AvgIpc) is 3.27. The van der Waals surface area contributed by atoms with Crippen molar-refractivity contribution in [3.8, 4) is 0 Å². The number of carbonyl (C=O) groups excluding carboxylic acids is 2. The first-order valence-corrected chi connectivity index (χ1v) is 9.76. The molecule has 3 rings (SSSR count). The number of amides is 2. The number of carbonyl (C=O) groups is 2. The predicted octanol–water partition coefficient (Wildman–Crippen LogP) is 2.65. The fourth-order valence-electron chi connectivity index (χ4n) is 3.18. The molecule has 2 aromatic rings. The van der Waals surface area contributed by atoms with Gasteiger partial charge in [-0.3, -0.25) is 14.5 Å². The normalized spacial score (nSPS) is 15.1. The Morgan fingerprint density at radius 1 is 1.04 bits per heavy atom. The Morgan fingerprint density at radius 3 is 2.54 bits per heavy atom. The van der Waals surface area contributed by atoms with Crippen LogP contribution in [0.1, 0.15) is 29.0 Å². The van der Waals surface area contributed by atoms with Gasteiger partial charge in [0, 0.05) is 45.7 Å². The number of nitrogens with zero attached hydrogens (tertiary/aromatic N) is 2. The van der Waals surface area contributed by atoms with Crippen molar-refractivity contribution in [3.63, 3.8) is 0 Å². The zero-order valence-electron chi connectivity index (χ0n) is 16.0. The minimum absolute atomic E-state index is 0.159. The van der Waals surface area contributed by atoms with Gasteiger partial charge >= 0.3 is 0 Å². The molecule has 28 heavy (non-hydrogen) atoms. The molecule has 1 aromatic carbocycles. The number of benzene rings is 1. The van der Waals surface area contributed by atoms with Crippen LogP contribution in [-0.2, 0) is 4.79 Å². The predicted molar refractivity (Wildman–Crippen MR) is 109 cm³/mol. The fraction of sp³-hybridized carbons (Fsp3) is 0.364. The third kappa shape index (κ3) is 6.09. The molecule has 0 spiro atoms. The van der Waals surface area contributed by atoms with Crippen LogP contribution in [0.25, 0.3) is 6.08 Å². The molecule has 2 heterocycles. The Balaban J connectivity index is 1.29. The summed E-state index contributed by atoms with van der Waals surface area (Å²) in [5, 5.41) is 2.77. The van der Waals surface area contributed by atoms with Gasteiger partial charge in [-0.1, -0.05) is 42.5 Å². The van der Waals surface area contributed by atoms with Gasteiger partial charge in [0.1, 0.15) is 0 Å². The molecule has 1 saturated heterocycles. The first kappa shape index (κ1) is 19.9. The van der Waals surface area contributed by atoms with Gasteiger partial charge in [-0.2, -0.15) is 0 Å². The van der Waals surface area contributed by atoms with E-state index in [1.807, 2.05) is 23.1 Å². The molecule has 0 saturated carbocycles. The van der Waals surface area contributed by atoms with Gasteiger partial charge in [0.05, 0.1) is 6.26 Å². The van der Waals surface area contributed by atoms with E-state index in [1.54, 1.807) is 12.1 Å². The van der Waals surface area contributed by atoms with E-state index < -0.39 is 0 Å². The Morgan fingerprint density at radius 2 is 1.82 bits per heavy atom. The monoisotopic (exact) mass is 381 g/mol. The molecular formula is C22H27N3O3. The molecule has 1 fully saturated rings. The maximum atomic E-state index is 12.3. The van der Waals surface area contributed by atoms with Gasteiger partial charge in [0.2, 0.25) is 5.91 Å². The van der Waals surface area contributed by atoms with Gasteiger partial charge in [0.25, 0.3) is 5.91 Å². The molecule has 1 aromatic heterocycles. The zero-order valence-corrected chi connectivity index (χ0v) is 16.0. The van der Waals surface area contributed by atoms with Crippen LogP contribution in [0.4, 0.5) is 0 Å². The molecule has 1 aliphatic rings. The standard InChI is InChI=1S/C22H27N3O3/c26-21(11-4-12-23-22(27)20-10-6-18-28-20)25-16-14-24(15-17-25)13-5-9-19-7-2-1-3-8-19/h1-3,5-10,18H,4,11-17H2,(H,23,27)/b9-5+. The summed E-state index contributed by atoms with van der Waals surface area (Å²) in [6, 6.07) is 13.6. The van der Waals surface area contributed by atoms with Crippen molar-refractivity contribution in [2.24, 2.45) is 0 Å². The van der Waals surface area contributed by atoms with Crippen LogP contribution < -0.4 is 5.32 Å². The lowest BCUT2D eigenvalue weighted by molar-refractivity contribution is -0.132. The third-order valence-electron chi connectivity index (χ3n) is 4.80. The lowest BCUT2D eigenvalue weighted by Crippen LogP contribution is -2.48. The van der Waals surface area contributed by atoms with Gasteiger partial charge in [-0.05, 0) is 24.1 Å². The van der Waals surface area contributed by atoms with E-state index in [4.69, 9.17) is 4.42 Å². The minimum atomic E-state index is -0.241. The summed E-state index contributed by atoms with van der Waals surface area (Å²) in [5.74, 6) is 0.213. The number of hydrogen-bond donors (Lipinski definition) is 1. The van der Waals surface area contributed by atoms with E-state index in [0.717, 1.165) is 32.7 Å². The highest BCUT2D eigenvalue weighted by atomic mass is 16.3. The summed E-state index contributed by atoms with van der Waals surface area (Å²) in [4.78, 5) is 28.4. The van der Waals surface area contributed by atoms with Crippen molar-refractivity contribution in [2.45, 2.75) is 12.8 Å². The van der Waals surface area contributed by atoms with Crippen LogP contribution in [0.5, 0.6) is 0 Å². The van der Waals surface area contributed by atoms with Gasteiger partial charge in [-0.25, -0.2) is 0 Å². The van der Waals surface area contributed by atoms with Crippen molar-refractivity contribution in [1.82, 2.24) is 15.1 Å². The number of rotatable bonds is 8. The highest BCUT2D eigenvalue weighted by Gasteiger charge is 2.20. The first-order chi connectivity index (χ1) is 13.7. The molecule has 0 bridgehead atoms. The van der Waals surface area contributed by atoms with Crippen LogP contribution in [0.15, 0.2) is 59.2 Å². The molecule has 0 unspecified atom stereocenters. The lowest BCUT2D eigenvalue weighted by atomic mass is 10.2. The number of piperazine rings is 1. The van der Waals surface area contributed by atoms with E-state index >= 15 is 0 Å². The van der Waals surface area contributed by atoms with Crippen molar-refractivity contribution < 1.29 is 14.0 Å². The van der Waals surface area contributed by atoms with Crippen molar-refractivity contribution in [3.05, 3.63) is 66.1 Å². The van der Waals surface area contributed by atoms with Crippen LogP contribution >= 0.6 is 0 Å². The average molecular weight is 381 g/mol. The van der Waals surface area contributed by atoms with Crippen molar-refractivity contribution >= 4 is 17.9 Å². The maximum Gasteiger partial charge on any atom is 0.286 e. The van der Waals surface area contributed by atoms with E-state index in [2.05, 4.69) is 34.5 Å². The second-order valence-corrected chi connectivity index (χ2v) is 6.83. The van der Waals surface area contributed by atoms with Crippen LogP contribution in [0.3, 0.4) is 0 Å². The van der Waals surface area contributed by atoms with Gasteiger partial charge < -0.3 is 14.6 Å². The smallest absolute Gasteiger partial charge is 0.286 e. The number of nitrogens with one attached hydrogen (secondary N) is 1. The summed E-state index contributed by atoms with van der Waals surface area (Å²) < 4.78 is 5.04. The molecule has 1 N–H and O–H groups in total. The largest absolute Gasteiger partial charge is 0.459 e. The summed E-state index contributed by atoms with van der Waals surface area (Å²) in [6.45, 7) is 4.67. The second-order valence-electron chi connectivity index (χ2n) is 6.83. The maximum absolute atomic E-state index is 12.3. The molecule has 6 heteroatoms. The van der Waals surface area contributed by atoms with Crippen LogP contribution in [-0.4, -0.2) is 60.9 Å².